The number of hydrogen-bond donors (Lipinski definition) is 0. The fourth-order valence-corrected chi connectivity index (χ4v) is 11.1. The van der Waals surface area contributed by atoms with Gasteiger partial charge in [0.15, 0.2) is 0 Å². The predicted molar refractivity (Wildman–Crippen MR) is 98.6 cm³/mol. The molecule has 0 amide bonds. The van der Waals surface area contributed by atoms with Gasteiger partial charge in [-0.2, -0.15) is 47.0 Å². The Morgan fingerprint density at radius 2 is 1.16 bits per heavy atom. The topological polar surface area (TPSA) is 0 Å². The summed E-state index contributed by atoms with van der Waals surface area (Å²) in [6.45, 7) is 10.1. The largest absolute Gasteiger partial charge is 0.152 e. The van der Waals surface area contributed by atoms with Crippen molar-refractivity contribution in [3.8, 4) is 0 Å². The van der Waals surface area contributed by atoms with Crippen LogP contribution in [0.4, 0.5) is 0 Å². The van der Waals surface area contributed by atoms with Crippen LogP contribution < -0.4 is 0 Å². The highest BCUT2D eigenvalue weighted by Gasteiger charge is 2.79. The van der Waals surface area contributed by atoms with Crippen molar-refractivity contribution in [2.75, 3.05) is 28.8 Å². The Morgan fingerprint density at radius 1 is 0.789 bits per heavy atom. The van der Waals surface area contributed by atoms with Gasteiger partial charge < -0.3 is 0 Å². The second-order valence-corrected chi connectivity index (χ2v) is 14.5. The third-order valence-electron chi connectivity index (χ3n) is 5.20. The Bertz CT molecular complexity index is 370. The van der Waals surface area contributed by atoms with E-state index in [-0.39, 0.29) is 0 Å². The molecule has 0 nitrogen and oxygen atoms in total. The minimum atomic E-state index is 0.485. The average Bonchev–Trinajstić information content (AvgIpc) is 3.05. The Balaban J connectivity index is 1.68. The quantitative estimate of drug-likeness (QED) is 0.646. The molecule has 0 saturated carbocycles. The lowest BCUT2D eigenvalue weighted by Crippen LogP contribution is -2.59. The molecule has 0 radical (unpaired) electrons. The minimum absolute atomic E-state index is 0.485. The van der Waals surface area contributed by atoms with E-state index in [4.69, 9.17) is 0 Å². The summed E-state index contributed by atoms with van der Waals surface area (Å²) in [6.07, 6.45) is 0. The molecule has 0 spiro atoms. The summed E-state index contributed by atoms with van der Waals surface area (Å²) >= 11 is 11.2. The van der Waals surface area contributed by atoms with E-state index in [1.165, 1.54) is 28.8 Å². The van der Waals surface area contributed by atoms with Crippen molar-refractivity contribution >= 4 is 58.8 Å². The van der Waals surface area contributed by atoms with Gasteiger partial charge in [0.25, 0.3) is 0 Å². The molecule has 4 heterocycles. The van der Waals surface area contributed by atoms with Crippen LogP contribution in [0.25, 0.3) is 0 Å². The lowest BCUT2D eigenvalue weighted by Gasteiger charge is -2.48. The highest BCUT2D eigenvalue weighted by Crippen LogP contribution is 2.78. The Labute approximate surface area is 138 Å². The normalized spacial score (nSPS) is 57.5. The second kappa shape index (κ2) is 3.98. The Kier molecular flexibility index (Phi) is 3.01. The molecule has 5 heteroatoms. The van der Waals surface area contributed by atoms with Crippen LogP contribution in [-0.2, 0) is 0 Å². The van der Waals surface area contributed by atoms with Crippen LogP contribution in [0.5, 0.6) is 0 Å². The molecule has 0 bridgehead atoms. The third kappa shape index (κ3) is 2.00. The summed E-state index contributed by atoms with van der Waals surface area (Å²) < 4.78 is 2.68. The zero-order valence-corrected chi connectivity index (χ0v) is 16.2. The van der Waals surface area contributed by atoms with E-state index in [0.717, 1.165) is 0 Å². The molecule has 0 aromatic heterocycles. The number of rotatable bonds is 6. The number of hydrogen-bond acceptors (Lipinski definition) is 5. The maximum absolute atomic E-state index is 2.56. The van der Waals surface area contributed by atoms with E-state index in [2.05, 4.69) is 86.5 Å². The van der Waals surface area contributed by atoms with Gasteiger partial charge in [-0.05, 0) is 27.7 Å². The first-order valence-corrected chi connectivity index (χ1v) is 11.9. The first kappa shape index (κ1) is 14.3. The van der Waals surface area contributed by atoms with Crippen LogP contribution in [0.1, 0.15) is 27.7 Å². The molecule has 4 aliphatic heterocycles. The zero-order chi connectivity index (χ0) is 13.6. The minimum Gasteiger partial charge on any atom is -0.152 e. The van der Waals surface area contributed by atoms with Crippen molar-refractivity contribution in [3.63, 3.8) is 0 Å². The summed E-state index contributed by atoms with van der Waals surface area (Å²) in [7, 11) is 0. The smallest absolute Gasteiger partial charge is 0.0615 e. The van der Waals surface area contributed by atoms with Crippen LogP contribution in [0.3, 0.4) is 0 Å². The molecule has 4 unspecified atom stereocenters. The van der Waals surface area contributed by atoms with E-state index in [0.29, 0.717) is 23.7 Å². The van der Waals surface area contributed by atoms with Crippen molar-refractivity contribution in [2.24, 2.45) is 0 Å². The van der Waals surface area contributed by atoms with Gasteiger partial charge in [0.1, 0.15) is 0 Å². The van der Waals surface area contributed by atoms with Crippen LogP contribution in [0.2, 0.25) is 0 Å². The summed E-state index contributed by atoms with van der Waals surface area (Å²) in [5, 5.41) is 0. The maximum Gasteiger partial charge on any atom is 0.0615 e. The molecule has 0 N–H and O–H groups in total. The maximum atomic E-state index is 2.56. The lowest BCUT2D eigenvalue weighted by atomic mass is 9.76. The lowest BCUT2D eigenvalue weighted by molar-refractivity contribution is 0.404. The summed E-state index contributed by atoms with van der Waals surface area (Å²) in [5.74, 6) is 6.90. The van der Waals surface area contributed by atoms with Crippen molar-refractivity contribution in [3.05, 3.63) is 0 Å². The van der Waals surface area contributed by atoms with Gasteiger partial charge in [-0.1, -0.05) is 0 Å². The van der Waals surface area contributed by atoms with Crippen LogP contribution in [0.15, 0.2) is 0 Å². The molecular formula is C14H22S5. The van der Waals surface area contributed by atoms with Crippen molar-refractivity contribution in [2.45, 2.75) is 51.4 Å². The summed E-state index contributed by atoms with van der Waals surface area (Å²) in [4.78, 5) is 0. The van der Waals surface area contributed by atoms with E-state index >= 15 is 0 Å². The summed E-state index contributed by atoms with van der Waals surface area (Å²) in [5.41, 5.74) is 0. The third-order valence-corrected chi connectivity index (χ3v) is 14.1. The van der Waals surface area contributed by atoms with Crippen LogP contribution >= 0.6 is 58.8 Å². The highest BCUT2D eigenvalue weighted by molar-refractivity contribution is 8.15. The van der Waals surface area contributed by atoms with Gasteiger partial charge in [-0.15, -0.1) is 11.8 Å². The van der Waals surface area contributed by atoms with Gasteiger partial charge in [0.05, 0.1) is 4.75 Å². The molecule has 4 atom stereocenters. The molecule has 4 rings (SSSR count). The van der Waals surface area contributed by atoms with Gasteiger partial charge >= 0.3 is 0 Å². The molecule has 19 heavy (non-hydrogen) atoms. The molecule has 0 aromatic rings. The average molecular weight is 351 g/mol. The monoisotopic (exact) mass is 350 g/mol. The highest BCUT2D eigenvalue weighted by atomic mass is 32.2. The summed E-state index contributed by atoms with van der Waals surface area (Å²) in [6, 6.07) is 0. The fourth-order valence-electron chi connectivity index (χ4n) is 3.54. The van der Waals surface area contributed by atoms with Crippen molar-refractivity contribution in [1.29, 1.82) is 0 Å². The van der Waals surface area contributed by atoms with Gasteiger partial charge in [0.2, 0.25) is 0 Å². The molecule has 4 aliphatic rings. The van der Waals surface area contributed by atoms with Crippen molar-refractivity contribution in [1.82, 2.24) is 0 Å². The molecule has 0 aromatic carbocycles. The van der Waals surface area contributed by atoms with Gasteiger partial charge in [0, 0.05) is 47.8 Å². The SMILES string of the molecule is CC1(CSC(C2(C)CS2)(C2(C)CS2)C2(C)CS2)CS1. The Morgan fingerprint density at radius 3 is 1.42 bits per heavy atom. The molecule has 108 valence electrons. The second-order valence-electron chi connectivity index (χ2n) is 7.27. The van der Waals surface area contributed by atoms with Crippen LogP contribution in [0, 0.1) is 0 Å². The molecular weight excluding hydrogens is 328 g/mol. The molecule has 4 saturated heterocycles. The molecule has 0 aliphatic carbocycles. The van der Waals surface area contributed by atoms with Crippen LogP contribution in [-0.4, -0.2) is 52.5 Å². The van der Waals surface area contributed by atoms with Gasteiger partial charge in [-0.3, -0.25) is 0 Å². The zero-order valence-electron chi connectivity index (χ0n) is 12.1. The van der Waals surface area contributed by atoms with Gasteiger partial charge in [-0.25, -0.2) is 0 Å². The number of thioether (sulfide) groups is 5. The van der Waals surface area contributed by atoms with E-state index < -0.39 is 0 Å². The van der Waals surface area contributed by atoms with E-state index in [9.17, 15) is 0 Å². The standard InChI is InChI=1S/C14H22S5/c1-10(5-15-10)6-19-14(11(2)7-16-11,12(3)8-17-12)13(4)9-18-13/h5-9H2,1-4H3. The van der Waals surface area contributed by atoms with Crippen molar-refractivity contribution < 1.29 is 0 Å². The molecule has 4 fully saturated rings. The Hall–Kier alpha value is 1.75. The first-order valence-electron chi connectivity index (χ1n) is 6.98. The fraction of sp³-hybridized carbons (Fsp3) is 1.00. The predicted octanol–water partition coefficient (Wildman–Crippen LogP) is 4.48. The first-order chi connectivity index (χ1) is 8.79. The van der Waals surface area contributed by atoms with E-state index in [1.807, 2.05) is 0 Å². The van der Waals surface area contributed by atoms with E-state index in [1.54, 1.807) is 0 Å².